The number of esters is 1. The summed E-state index contributed by atoms with van der Waals surface area (Å²) in [5, 5.41) is 16.0. The molecular formula is C15H14N4O6. The number of ether oxygens (including phenoxy) is 1. The molecule has 10 heteroatoms. The summed E-state index contributed by atoms with van der Waals surface area (Å²) in [4.78, 5) is 48.3. The summed E-state index contributed by atoms with van der Waals surface area (Å²) < 4.78 is 4.77. The van der Waals surface area contributed by atoms with Gasteiger partial charge < -0.3 is 15.4 Å². The predicted octanol–water partition coefficient (Wildman–Crippen LogP) is 0.218. The first-order valence-corrected chi connectivity index (χ1v) is 7.37. The maximum Gasteiger partial charge on any atom is 0.338 e. The molecule has 130 valence electrons. The van der Waals surface area contributed by atoms with Gasteiger partial charge in [0.1, 0.15) is 5.70 Å². The standard InChI is InChI=1S/C15H14N4O6/c1-25-14(21)10-11(8-2-4-9(5-3-8)19(23)24)17-15(22)18-7-6-16-13(20)12(10)18/h2-5,11H,6-7H2,1H3,(H,16,20)(H,17,22)/t11-/m0/s1. The Bertz CT molecular complexity index is 801. The highest BCUT2D eigenvalue weighted by Gasteiger charge is 2.42. The molecule has 1 atom stereocenters. The Morgan fingerprint density at radius 3 is 2.60 bits per heavy atom. The molecule has 0 aliphatic carbocycles. The fraction of sp³-hybridized carbons (Fsp3) is 0.267. The lowest BCUT2D eigenvalue weighted by Gasteiger charge is -2.38. The maximum absolute atomic E-state index is 12.3. The SMILES string of the molecule is COC(=O)C1=C2C(=O)NCCN2C(=O)N[C@H]1c1ccc([N+](=O)[O-])cc1. The highest BCUT2D eigenvalue weighted by atomic mass is 16.6. The highest BCUT2D eigenvalue weighted by molar-refractivity contribution is 6.08. The third-order valence-electron chi connectivity index (χ3n) is 4.01. The number of nitrogens with one attached hydrogen (secondary N) is 2. The topological polar surface area (TPSA) is 131 Å². The minimum Gasteiger partial charge on any atom is -0.466 e. The van der Waals surface area contributed by atoms with Gasteiger partial charge in [0.15, 0.2) is 0 Å². The van der Waals surface area contributed by atoms with E-state index in [9.17, 15) is 24.5 Å². The second kappa shape index (κ2) is 6.23. The molecule has 2 aliphatic rings. The lowest BCUT2D eigenvalue weighted by molar-refractivity contribution is -0.384. The number of amides is 3. The van der Waals surface area contributed by atoms with E-state index < -0.39 is 28.9 Å². The molecule has 25 heavy (non-hydrogen) atoms. The third-order valence-corrected chi connectivity index (χ3v) is 4.01. The fourth-order valence-electron chi connectivity index (χ4n) is 2.84. The van der Waals surface area contributed by atoms with E-state index in [2.05, 4.69) is 10.6 Å². The molecule has 1 aromatic rings. The summed E-state index contributed by atoms with van der Waals surface area (Å²) in [7, 11) is 1.17. The van der Waals surface area contributed by atoms with Crippen LogP contribution >= 0.6 is 0 Å². The normalized spacial score (nSPS) is 19.7. The van der Waals surface area contributed by atoms with E-state index >= 15 is 0 Å². The van der Waals surface area contributed by atoms with E-state index in [1.54, 1.807) is 0 Å². The number of nitrogens with zero attached hydrogens (tertiary/aromatic N) is 2. The van der Waals surface area contributed by atoms with Crippen LogP contribution in [0.1, 0.15) is 11.6 Å². The largest absolute Gasteiger partial charge is 0.466 e. The van der Waals surface area contributed by atoms with Gasteiger partial charge in [-0.2, -0.15) is 0 Å². The van der Waals surface area contributed by atoms with Crippen LogP contribution in [-0.2, 0) is 14.3 Å². The quantitative estimate of drug-likeness (QED) is 0.457. The summed E-state index contributed by atoms with van der Waals surface area (Å²) in [5.41, 5.74) is 0.207. The van der Waals surface area contributed by atoms with Crippen molar-refractivity contribution in [2.45, 2.75) is 6.04 Å². The number of benzene rings is 1. The second-order valence-electron chi connectivity index (χ2n) is 5.39. The van der Waals surface area contributed by atoms with E-state index in [0.717, 1.165) is 0 Å². The van der Waals surface area contributed by atoms with Crippen molar-refractivity contribution in [2.75, 3.05) is 20.2 Å². The van der Waals surface area contributed by atoms with E-state index in [1.807, 2.05) is 0 Å². The first-order valence-electron chi connectivity index (χ1n) is 7.37. The lowest BCUT2D eigenvalue weighted by atomic mass is 9.93. The first kappa shape index (κ1) is 16.4. The van der Waals surface area contributed by atoms with Crippen molar-refractivity contribution in [3.05, 3.63) is 51.2 Å². The first-order chi connectivity index (χ1) is 11.9. The minimum atomic E-state index is -0.948. The molecule has 0 radical (unpaired) electrons. The van der Waals surface area contributed by atoms with Crippen molar-refractivity contribution in [1.82, 2.24) is 15.5 Å². The van der Waals surface area contributed by atoms with Gasteiger partial charge in [-0.3, -0.25) is 19.8 Å². The highest BCUT2D eigenvalue weighted by Crippen LogP contribution is 2.33. The summed E-state index contributed by atoms with van der Waals surface area (Å²) in [6.45, 7) is 0.493. The van der Waals surface area contributed by atoms with Crippen LogP contribution in [0.2, 0.25) is 0 Å². The van der Waals surface area contributed by atoms with E-state index in [4.69, 9.17) is 4.74 Å². The van der Waals surface area contributed by atoms with Gasteiger partial charge in [0.05, 0.1) is 23.6 Å². The molecule has 3 rings (SSSR count). The average Bonchev–Trinajstić information content (AvgIpc) is 2.61. The minimum absolute atomic E-state index is 0.0202. The number of fused-ring (bicyclic) bond motifs is 1. The number of urea groups is 1. The van der Waals surface area contributed by atoms with Crippen molar-refractivity contribution in [1.29, 1.82) is 0 Å². The molecule has 0 bridgehead atoms. The Hall–Kier alpha value is -3.43. The van der Waals surface area contributed by atoms with Crippen molar-refractivity contribution < 1.29 is 24.0 Å². The van der Waals surface area contributed by atoms with Gasteiger partial charge in [0, 0.05) is 25.2 Å². The summed E-state index contributed by atoms with van der Waals surface area (Å²) in [5.74, 6) is -1.31. The number of nitro groups is 1. The molecule has 1 saturated heterocycles. The van der Waals surface area contributed by atoms with Gasteiger partial charge in [-0.15, -0.1) is 0 Å². The molecule has 1 aromatic carbocycles. The Morgan fingerprint density at radius 1 is 1.32 bits per heavy atom. The monoisotopic (exact) mass is 346 g/mol. The second-order valence-corrected chi connectivity index (χ2v) is 5.39. The number of nitro benzene ring substituents is 1. The average molecular weight is 346 g/mol. The zero-order valence-electron chi connectivity index (χ0n) is 13.1. The number of hydrogen-bond acceptors (Lipinski definition) is 6. The zero-order chi connectivity index (χ0) is 18.1. The third kappa shape index (κ3) is 2.77. The van der Waals surface area contributed by atoms with Crippen LogP contribution < -0.4 is 10.6 Å². The lowest BCUT2D eigenvalue weighted by Crippen LogP contribution is -2.57. The summed E-state index contributed by atoms with van der Waals surface area (Å²) >= 11 is 0. The van der Waals surface area contributed by atoms with Crippen LogP contribution in [0.5, 0.6) is 0 Å². The van der Waals surface area contributed by atoms with Gasteiger partial charge >= 0.3 is 12.0 Å². The Kier molecular flexibility index (Phi) is 4.09. The maximum atomic E-state index is 12.3. The number of piperazine rings is 1. The van der Waals surface area contributed by atoms with Crippen molar-refractivity contribution in [2.24, 2.45) is 0 Å². The molecule has 0 aromatic heterocycles. The van der Waals surface area contributed by atoms with Crippen molar-refractivity contribution >= 4 is 23.6 Å². The van der Waals surface area contributed by atoms with Crippen LogP contribution in [0.25, 0.3) is 0 Å². The zero-order valence-corrected chi connectivity index (χ0v) is 13.1. The molecule has 10 nitrogen and oxygen atoms in total. The molecule has 2 N–H and O–H groups in total. The molecule has 2 aliphatic heterocycles. The van der Waals surface area contributed by atoms with Crippen LogP contribution in [0, 0.1) is 10.1 Å². The van der Waals surface area contributed by atoms with Gasteiger partial charge in [-0.25, -0.2) is 9.59 Å². The summed E-state index contributed by atoms with van der Waals surface area (Å²) in [6, 6.07) is 3.88. The number of methoxy groups -OCH3 is 1. The van der Waals surface area contributed by atoms with Gasteiger partial charge in [-0.1, -0.05) is 0 Å². The number of hydrogen-bond donors (Lipinski definition) is 2. The number of non-ortho nitro benzene ring substituents is 1. The Morgan fingerprint density at radius 2 is 2.00 bits per heavy atom. The Balaban J connectivity index is 2.12. The molecule has 2 heterocycles. The van der Waals surface area contributed by atoms with E-state index in [-0.39, 0.29) is 30.0 Å². The number of carbonyl (C=O) groups is 3. The van der Waals surface area contributed by atoms with Gasteiger partial charge in [-0.05, 0) is 17.7 Å². The van der Waals surface area contributed by atoms with Gasteiger partial charge in [0.25, 0.3) is 11.6 Å². The number of rotatable bonds is 3. The molecular weight excluding hydrogens is 332 g/mol. The van der Waals surface area contributed by atoms with E-state index in [1.165, 1.54) is 36.3 Å². The molecule has 1 fully saturated rings. The van der Waals surface area contributed by atoms with Crippen LogP contribution in [0.3, 0.4) is 0 Å². The smallest absolute Gasteiger partial charge is 0.338 e. The molecule has 3 amide bonds. The predicted molar refractivity (Wildman–Crippen MR) is 83.1 cm³/mol. The fourth-order valence-corrected chi connectivity index (χ4v) is 2.84. The Labute approximate surface area is 141 Å². The molecule has 0 spiro atoms. The summed E-state index contributed by atoms with van der Waals surface area (Å²) in [6.07, 6.45) is 0. The van der Waals surface area contributed by atoms with Crippen LogP contribution in [0.15, 0.2) is 35.5 Å². The van der Waals surface area contributed by atoms with Crippen LogP contribution in [0.4, 0.5) is 10.5 Å². The molecule has 0 unspecified atom stereocenters. The van der Waals surface area contributed by atoms with E-state index in [0.29, 0.717) is 5.56 Å². The van der Waals surface area contributed by atoms with Crippen LogP contribution in [-0.4, -0.2) is 47.9 Å². The van der Waals surface area contributed by atoms with Gasteiger partial charge in [0.2, 0.25) is 0 Å². The number of carbonyl (C=O) groups excluding carboxylic acids is 3. The molecule has 0 saturated carbocycles. The van der Waals surface area contributed by atoms with Crippen molar-refractivity contribution in [3.8, 4) is 0 Å². The van der Waals surface area contributed by atoms with Crippen molar-refractivity contribution in [3.63, 3.8) is 0 Å².